The van der Waals surface area contributed by atoms with Crippen molar-refractivity contribution in [3.8, 4) is 0 Å². The van der Waals surface area contributed by atoms with Crippen molar-refractivity contribution in [3.63, 3.8) is 0 Å². The number of aliphatic hydroxyl groups is 1. The number of nitrogens with zero attached hydrogens (tertiary/aromatic N) is 1. The highest BCUT2D eigenvalue weighted by atomic mass is 16.4. The summed E-state index contributed by atoms with van der Waals surface area (Å²) in [6, 6.07) is -1.60. The van der Waals surface area contributed by atoms with E-state index in [1.165, 1.54) is 4.90 Å². The molecule has 17 heavy (non-hydrogen) atoms. The molecule has 1 rings (SSSR count). The predicted molar refractivity (Wildman–Crippen MR) is 61.3 cm³/mol. The number of aliphatic carboxylic acids is 1. The van der Waals surface area contributed by atoms with E-state index < -0.39 is 24.2 Å². The van der Waals surface area contributed by atoms with Crippen LogP contribution in [0.2, 0.25) is 0 Å². The smallest absolute Gasteiger partial charge is 0.326 e. The summed E-state index contributed by atoms with van der Waals surface area (Å²) in [6.45, 7) is 2.06. The van der Waals surface area contributed by atoms with Gasteiger partial charge in [0.05, 0.1) is 12.1 Å². The molecule has 1 saturated heterocycles. The summed E-state index contributed by atoms with van der Waals surface area (Å²) >= 11 is 0. The maximum Gasteiger partial charge on any atom is 0.326 e. The molecule has 0 spiro atoms. The van der Waals surface area contributed by atoms with Gasteiger partial charge in [0.25, 0.3) is 0 Å². The summed E-state index contributed by atoms with van der Waals surface area (Å²) in [5.41, 5.74) is 5.73. The van der Waals surface area contributed by atoms with Gasteiger partial charge in [-0.25, -0.2) is 4.79 Å². The van der Waals surface area contributed by atoms with Crippen LogP contribution in [0, 0.1) is 0 Å². The Labute approximate surface area is 100 Å². The third-order valence-corrected chi connectivity index (χ3v) is 3.03. The molecule has 98 valence electrons. The number of β-amino-alcohol motifs (C(OH)–C–C–N with tert-alkyl or cyclic N) is 1. The Morgan fingerprint density at radius 2 is 2.18 bits per heavy atom. The zero-order valence-corrected chi connectivity index (χ0v) is 10.0. The third-order valence-electron chi connectivity index (χ3n) is 3.03. The first kappa shape index (κ1) is 13.9. The van der Waals surface area contributed by atoms with Crippen molar-refractivity contribution in [2.75, 3.05) is 6.54 Å². The fourth-order valence-electron chi connectivity index (χ4n) is 2.05. The monoisotopic (exact) mass is 244 g/mol. The van der Waals surface area contributed by atoms with Crippen molar-refractivity contribution in [1.29, 1.82) is 0 Å². The summed E-state index contributed by atoms with van der Waals surface area (Å²) in [4.78, 5) is 24.1. The maximum atomic E-state index is 11.9. The van der Waals surface area contributed by atoms with Gasteiger partial charge in [0.15, 0.2) is 0 Å². The molecule has 1 amide bonds. The zero-order chi connectivity index (χ0) is 13.0. The van der Waals surface area contributed by atoms with Crippen molar-refractivity contribution < 1.29 is 19.8 Å². The van der Waals surface area contributed by atoms with Crippen LogP contribution in [0.3, 0.4) is 0 Å². The Balaban J connectivity index is 2.63. The number of carboxylic acid groups (broad SMARTS) is 1. The molecule has 0 aromatic rings. The minimum atomic E-state index is -1.09. The number of carboxylic acids is 1. The topological polar surface area (TPSA) is 104 Å². The molecule has 1 aliphatic heterocycles. The zero-order valence-electron chi connectivity index (χ0n) is 10.0. The van der Waals surface area contributed by atoms with Gasteiger partial charge in [-0.2, -0.15) is 0 Å². The normalized spacial score (nSPS) is 25.9. The van der Waals surface area contributed by atoms with E-state index in [0.717, 1.165) is 12.8 Å². The van der Waals surface area contributed by atoms with Gasteiger partial charge in [-0.05, 0) is 6.42 Å². The molecule has 6 nitrogen and oxygen atoms in total. The molecule has 1 fully saturated rings. The second-order valence-electron chi connectivity index (χ2n) is 4.48. The van der Waals surface area contributed by atoms with Gasteiger partial charge in [-0.15, -0.1) is 0 Å². The Morgan fingerprint density at radius 1 is 1.53 bits per heavy atom. The van der Waals surface area contributed by atoms with E-state index in [-0.39, 0.29) is 18.9 Å². The lowest BCUT2D eigenvalue weighted by atomic mass is 10.1. The van der Waals surface area contributed by atoms with Crippen LogP contribution in [0.1, 0.15) is 32.6 Å². The van der Waals surface area contributed by atoms with Crippen LogP contribution in [-0.4, -0.2) is 51.7 Å². The number of nitrogens with two attached hydrogens (primary N) is 1. The number of carbonyl (C=O) groups is 2. The van der Waals surface area contributed by atoms with Gasteiger partial charge >= 0.3 is 5.97 Å². The summed E-state index contributed by atoms with van der Waals surface area (Å²) in [7, 11) is 0. The molecular formula is C11H20N2O4. The standard InChI is InChI=1S/C11H20N2O4/c1-2-3-4-8(12)10(15)13-6-7(14)5-9(13)11(16)17/h7-9,14H,2-6,12H2,1H3,(H,16,17)/t7?,8?,9-/m0/s1. The number of unbranched alkanes of at least 4 members (excludes halogenated alkanes) is 1. The van der Waals surface area contributed by atoms with Gasteiger partial charge in [-0.3, -0.25) is 4.79 Å². The molecule has 0 bridgehead atoms. The molecule has 0 aliphatic carbocycles. The van der Waals surface area contributed by atoms with Gasteiger partial charge < -0.3 is 20.8 Å². The van der Waals surface area contributed by atoms with E-state index in [0.29, 0.717) is 6.42 Å². The number of carbonyl (C=O) groups excluding carboxylic acids is 1. The van der Waals surface area contributed by atoms with Gasteiger partial charge in [0.1, 0.15) is 6.04 Å². The van der Waals surface area contributed by atoms with Crippen molar-refractivity contribution >= 4 is 11.9 Å². The van der Waals surface area contributed by atoms with Crippen LogP contribution in [0.4, 0.5) is 0 Å². The van der Waals surface area contributed by atoms with Crippen molar-refractivity contribution in [1.82, 2.24) is 4.90 Å². The van der Waals surface area contributed by atoms with E-state index in [1.807, 2.05) is 6.92 Å². The average molecular weight is 244 g/mol. The molecule has 4 N–H and O–H groups in total. The number of rotatable bonds is 5. The molecule has 0 radical (unpaired) electrons. The summed E-state index contributed by atoms with van der Waals surface area (Å²) in [5.74, 6) is -1.46. The minimum Gasteiger partial charge on any atom is -0.480 e. The number of hydrogen-bond donors (Lipinski definition) is 3. The fraction of sp³-hybridized carbons (Fsp3) is 0.818. The molecule has 1 aliphatic rings. The lowest BCUT2D eigenvalue weighted by molar-refractivity contribution is -0.148. The number of likely N-dealkylation sites (tertiary alicyclic amines) is 1. The van der Waals surface area contributed by atoms with Gasteiger partial charge in [0.2, 0.25) is 5.91 Å². The summed E-state index contributed by atoms with van der Waals surface area (Å²) in [5, 5.41) is 18.4. The Kier molecular flexibility index (Phi) is 4.89. The maximum absolute atomic E-state index is 11.9. The first-order valence-corrected chi connectivity index (χ1v) is 5.94. The van der Waals surface area contributed by atoms with E-state index in [2.05, 4.69) is 0 Å². The molecule has 1 heterocycles. The summed E-state index contributed by atoms with van der Waals surface area (Å²) < 4.78 is 0. The van der Waals surface area contributed by atoms with E-state index in [1.54, 1.807) is 0 Å². The molecule has 0 aromatic carbocycles. The Morgan fingerprint density at radius 3 is 2.71 bits per heavy atom. The number of aliphatic hydroxyl groups excluding tert-OH is 1. The Hall–Kier alpha value is -1.14. The van der Waals surface area contributed by atoms with Crippen LogP contribution in [-0.2, 0) is 9.59 Å². The predicted octanol–water partition coefficient (Wildman–Crippen LogP) is -0.450. The van der Waals surface area contributed by atoms with Crippen molar-refractivity contribution in [2.45, 2.75) is 50.8 Å². The molecule has 2 unspecified atom stereocenters. The number of amides is 1. The third kappa shape index (κ3) is 3.41. The SMILES string of the molecule is CCCCC(N)C(=O)N1CC(O)C[C@H]1C(=O)O. The lowest BCUT2D eigenvalue weighted by Gasteiger charge is -2.24. The highest BCUT2D eigenvalue weighted by molar-refractivity contribution is 5.87. The van der Waals surface area contributed by atoms with Crippen LogP contribution >= 0.6 is 0 Å². The van der Waals surface area contributed by atoms with Crippen LogP contribution in [0.5, 0.6) is 0 Å². The molecule has 0 aromatic heterocycles. The largest absolute Gasteiger partial charge is 0.480 e. The second kappa shape index (κ2) is 5.97. The van der Waals surface area contributed by atoms with E-state index >= 15 is 0 Å². The van der Waals surface area contributed by atoms with Crippen molar-refractivity contribution in [3.05, 3.63) is 0 Å². The highest BCUT2D eigenvalue weighted by Gasteiger charge is 2.40. The highest BCUT2D eigenvalue weighted by Crippen LogP contribution is 2.19. The minimum absolute atomic E-state index is 0.0651. The molecule has 6 heteroatoms. The lowest BCUT2D eigenvalue weighted by Crippen LogP contribution is -2.48. The van der Waals surface area contributed by atoms with E-state index in [4.69, 9.17) is 10.8 Å². The van der Waals surface area contributed by atoms with E-state index in [9.17, 15) is 14.7 Å². The quantitative estimate of drug-likeness (QED) is 0.607. The Bertz CT molecular complexity index is 295. The summed E-state index contributed by atoms with van der Waals surface area (Å²) in [6.07, 6.45) is 1.64. The number of hydrogen-bond acceptors (Lipinski definition) is 4. The van der Waals surface area contributed by atoms with Gasteiger partial charge in [0, 0.05) is 13.0 Å². The first-order chi connectivity index (χ1) is 7.97. The first-order valence-electron chi connectivity index (χ1n) is 5.94. The molecule has 0 saturated carbocycles. The average Bonchev–Trinajstić information content (AvgIpc) is 2.67. The van der Waals surface area contributed by atoms with Gasteiger partial charge in [-0.1, -0.05) is 19.8 Å². The molecule has 3 atom stereocenters. The molecular weight excluding hydrogens is 224 g/mol. The second-order valence-corrected chi connectivity index (χ2v) is 4.48. The van der Waals surface area contributed by atoms with Crippen molar-refractivity contribution in [2.24, 2.45) is 5.73 Å². The fourth-order valence-corrected chi connectivity index (χ4v) is 2.05. The van der Waals surface area contributed by atoms with Crippen LogP contribution in [0.15, 0.2) is 0 Å². The van der Waals surface area contributed by atoms with Crippen LogP contribution < -0.4 is 5.73 Å². The van der Waals surface area contributed by atoms with Crippen LogP contribution in [0.25, 0.3) is 0 Å².